The molecule has 4 rings (SSSR count). The van der Waals surface area contributed by atoms with Crippen LogP contribution >= 0.6 is 15.9 Å². The Morgan fingerprint density at radius 1 is 1.34 bits per heavy atom. The Kier molecular flexibility index (Phi) is 6.00. The summed E-state index contributed by atoms with van der Waals surface area (Å²) in [6.45, 7) is 1.68. The van der Waals surface area contributed by atoms with E-state index in [9.17, 15) is 9.18 Å². The van der Waals surface area contributed by atoms with Crippen molar-refractivity contribution in [2.75, 3.05) is 18.5 Å². The summed E-state index contributed by atoms with van der Waals surface area (Å²) in [5, 5.41) is 14.1. The highest BCUT2D eigenvalue weighted by atomic mass is 79.9. The minimum absolute atomic E-state index is 0.0584. The van der Waals surface area contributed by atoms with Gasteiger partial charge in [-0.1, -0.05) is 18.2 Å². The lowest BCUT2D eigenvalue weighted by Gasteiger charge is -2.18. The molecule has 1 fully saturated rings. The third kappa shape index (κ3) is 4.88. The van der Waals surface area contributed by atoms with Crippen LogP contribution in [0.5, 0.6) is 0 Å². The number of H-pyrrole nitrogens is 1. The number of hydrogen-bond donors (Lipinski definition) is 2. The maximum atomic E-state index is 13.8. The summed E-state index contributed by atoms with van der Waals surface area (Å²) in [6, 6.07) is 6.51. The van der Waals surface area contributed by atoms with Crippen molar-refractivity contribution < 1.29 is 13.9 Å². The van der Waals surface area contributed by atoms with Crippen LogP contribution in [0.1, 0.15) is 36.0 Å². The Morgan fingerprint density at radius 3 is 2.93 bits per heavy atom. The topological polar surface area (TPSA) is 97.7 Å². The van der Waals surface area contributed by atoms with Gasteiger partial charge in [0.05, 0.1) is 17.4 Å². The van der Waals surface area contributed by atoms with Gasteiger partial charge >= 0.3 is 0 Å². The zero-order valence-corrected chi connectivity index (χ0v) is 17.2. The van der Waals surface area contributed by atoms with Gasteiger partial charge in [0.2, 0.25) is 5.91 Å². The number of aromatic amines is 1. The Balaban J connectivity index is 1.37. The molecule has 0 saturated carbocycles. The number of amides is 1. The standard InChI is InChI=1S/C19H20BrFN6O2/c20-14-11-27(10-13-3-1-2-4-15(13)21)26-19(14)23-17(28)9-16-22-18(25-24-16)12-5-7-29-8-6-12/h1-4,11-12H,5-10H2,(H,22,24,25)(H,23,26,28). The summed E-state index contributed by atoms with van der Waals surface area (Å²) in [7, 11) is 0. The highest BCUT2D eigenvalue weighted by Gasteiger charge is 2.21. The first-order valence-corrected chi connectivity index (χ1v) is 10.1. The number of halogens is 2. The molecule has 29 heavy (non-hydrogen) atoms. The van der Waals surface area contributed by atoms with Crippen molar-refractivity contribution in [3.8, 4) is 0 Å². The highest BCUT2D eigenvalue weighted by molar-refractivity contribution is 9.10. The summed E-state index contributed by atoms with van der Waals surface area (Å²) in [5.41, 5.74) is 0.516. The van der Waals surface area contributed by atoms with Gasteiger partial charge in [0, 0.05) is 30.9 Å². The van der Waals surface area contributed by atoms with Crippen LogP contribution in [0.15, 0.2) is 34.9 Å². The molecule has 1 aliphatic heterocycles. The van der Waals surface area contributed by atoms with Crippen molar-refractivity contribution in [3.05, 3.63) is 58.0 Å². The predicted molar refractivity (Wildman–Crippen MR) is 107 cm³/mol. The molecule has 0 aliphatic carbocycles. The third-order valence-electron chi connectivity index (χ3n) is 4.73. The van der Waals surface area contributed by atoms with Gasteiger partial charge in [-0.25, -0.2) is 9.37 Å². The van der Waals surface area contributed by atoms with Crippen LogP contribution in [0, 0.1) is 5.82 Å². The summed E-state index contributed by atoms with van der Waals surface area (Å²) in [4.78, 5) is 16.8. The first-order valence-electron chi connectivity index (χ1n) is 9.33. The summed E-state index contributed by atoms with van der Waals surface area (Å²) in [5.74, 6) is 1.31. The minimum atomic E-state index is -0.296. The maximum Gasteiger partial charge on any atom is 0.233 e. The summed E-state index contributed by atoms with van der Waals surface area (Å²) < 4.78 is 21.4. The fourth-order valence-corrected chi connectivity index (χ4v) is 3.63. The molecule has 10 heteroatoms. The SMILES string of the molecule is O=C(Cc1nc(C2CCOCC2)n[nH]1)Nc1nn(Cc2ccccc2F)cc1Br. The zero-order chi connectivity index (χ0) is 20.2. The minimum Gasteiger partial charge on any atom is -0.381 e. The van der Waals surface area contributed by atoms with Crippen molar-refractivity contribution in [3.63, 3.8) is 0 Å². The number of carbonyl (C=O) groups is 1. The number of nitrogens with zero attached hydrogens (tertiary/aromatic N) is 4. The van der Waals surface area contributed by atoms with E-state index in [1.54, 1.807) is 29.1 Å². The van der Waals surface area contributed by atoms with E-state index >= 15 is 0 Å². The summed E-state index contributed by atoms with van der Waals surface area (Å²) >= 11 is 3.38. The molecule has 3 aromatic rings. The fraction of sp³-hybridized carbons (Fsp3) is 0.368. The first-order chi connectivity index (χ1) is 14.1. The number of rotatable bonds is 6. The van der Waals surface area contributed by atoms with Gasteiger partial charge in [-0.15, -0.1) is 0 Å². The molecule has 8 nitrogen and oxygen atoms in total. The average Bonchev–Trinajstić information content (AvgIpc) is 3.31. The Bertz CT molecular complexity index is 998. The Labute approximate surface area is 175 Å². The molecule has 3 heterocycles. The molecular formula is C19H20BrFN6O2. The quantitative estimate of drug-likeness (QED) is 0.586. The van der Waals surface area contributed by atoms with E-state index in [1.165, 1.54) is 6.07 Å². The molecule has 2 N–H and O–H groups in total. The van der Waals surface area contributed by atoms with Gasteiger partial charge in [0.25, 0.3) is 0 Å². The van der Waals surface area contributed by atoms with Crippen LogP contribution in [0.4, 0.5) is 10.2 Å². The van der Waals surface area contributed by atoms with E-state index in [2.05, 4.69) is 41.5 Å². The van der Waals surface area contributed by atoms with E-state index in [0.717, 1.165) is 18.7 Å². The number of nitrogens with one attached hydrogen (secondary N) is 2. The van der Waals surface area contributed by atoms with Gasteiger partial charge in [-0.3, -0.25) is 14.6 Å². The van der Waals surface area contributed by atoms with Crippen molar-refractivity contribution in [2.24, 2.45) is 0 Å². The van der Waals surface area contributed by atoms with E-state index < -0.39 is 0 Å². The maximum absolute atomic E-state index is 13.8. The Hall–Kier alpha value is -2.59. The van der Waals surface area contributed by atoms with Crippen LogP contribution < -0.4 is 5.32 Å². The van der Waals surface area contributed by atoms with Crippen LogP contribution in [-0.4, -0.2) is 44.1 Å². The lowest BCUT2D eigenvalue weighted by atomic mass is 10.00. The smallest absolute Gasteiger partial charge is 0.233 e. The van der Waals surface area contributed by atoms with Crippen molar-refractivity contribution in [1.29, 1.82) is 0 Å². The van der Waals surface area contributed by atoms with Crippen LogP contribution in [0.2, 0.25) is 0 Å². The van der Waals surface area contributed by atoms with Gasteiger partial charge in [0.15, 0.2) is 11.6 Å². The molecule has 0 unspecified atom stereocenters. The third-order valence-corrected chi connectivity index (χ3v) is 5.31. The van der Waals surface area contributed by atoms with Crippen LogP contribution in [0.25, 0.3) is 0 Å². The molecule has 1 aliphatic rings. The van der Waals surface area contributed by atoms with Gasteiger partial charge < -0.3 is 10.1 Å². The molecule has 0 radical (unpaired) electrons. The van der Waals surface area contributed by atoms with E-state index in [0.29, 0.717) is 34.9 Å². The number of hydrogen-bond acceptors (Lipinski definition) is 5. The number of aromatic nitrogens is 5. The molecule has 1 aromatic carbocycles. The molecule has 0 spiro atoms. The lowest BCUT2D eigenvalue weighted by Crippen LogP contribution is -2.17. The van der Waals surface area contributed by atoms with Crippen LogP contribution in [0.3, 0.4) is 0 Å². The van der Waals surface area contributed by atoms with Crippen molar-refractivity contribution in [2.45, 2.75) is 31.7 Å². The van der Waals surface area contributed by atoms with Gasteiger partial charge in [-0.05, 0) is 34.8 Å². The second-order valence-corrected chi connectivity index (χ2v) is 7.72. The van der Waals surface area contributed by atoms with E-state index in [4.69, 9.17) is 4.74 Å². The van der Waals surface area contributed by atoms with Crippen molar-refractivity contribution >= 4 is 27.7 Å². The number of carbonyl (C=O) groups excluding carboxylic acids is 1. The van der Waals surface area contributed by atoms with Crippen LogP contribution in [-0.2, 0) is 22.5 Å². The summed E-state index contributed by atoms with van der Waals surface area (Å²) in [6.07, 6.45) is 3.52. The molecule has 1 amide bonds. The number of anilines is 1. The molecule has 1 saturated heterocycles. The van der Waals surface area contributed by atoms with E-state index in [-0.39, 0.29) is 30.6 Å². The molecule has 152 valence electrons. The second-order valence-electron chi connectivity index (χ2n) is 6.87. The number of ether oxygens (including phenoxy) is 1. The largest absolute Gasteiger partial charge is 0.381 e. The average molecular weight is 463 g/mol. The molecular weight excluding hydrogens is 443 g/mol. The zero-order valence-electron chi connectivity index (χ0n) is 15.6. The molecule has 2 aromatic heterocycles. The predicted octanol–water partition coefficient (Wildman–Crippen LogP) is 3.03. The van der Waals surface area contributed by atoms with Gasteiger partial charge in [0.1, 0.15) is 11.6 Å². The Morgan fingerprint density at radius 2 is 2.14 bits per heavy atom. The fourth-order valence-electron chi connectivity index (χ4n) is 3.22. The molecule has 0 atom stereocenters. The first kappa shape index (κ1) is 19.7. The van der Waals surface area contributed by atoms with Crippen molar-refractivity contribution in [1.82, 2.24) is 25.0 Å². The molecule has 0 bridgehead atoms. The normalized spacial score (nSPS) is 14.8. The monoisotopic (exact) mass is 462 g/mol. The second kappa shape index (κ2) is 8.83. The lowest BCUT2D eigenvalue weighted by molar-refractivity contribution is -0.115. The highest BCUT2D eigenvalue weighted by Crippen LogP contribution is 2.24. The van der Waals surface area contributed by atoms with Gasteiger partial charge in [-0.2, -0.15) is 10.2 Å². The van der Waals surface area contributed by atoms with E-state index in [1.807, 2.05) is 0 Å². The number of benzene rings is 1.